The molecule has 2 fully saturated rings. The Kier molecular flexibility index (Phi) is 7.23. The van der Waals surface area contributed by atoms with Gasteiger partial charge in [-0.2, -0.15) is 4.98 Å². The average Bonchev–Trinajstić information content (AvgIpc) is 2.90. The van der Waals surface area contributed by atoms with Crippen LogP contribution < -0.4 is 19.7 Å². The molecule has 0 atom stereocenters. The van der Waals surface area contributed by atoms with Crippen LogP contribution >= 0.6 is 0 Å². The zero-order chi connectivity index (χ0) is 24.2. The number of likely N-dealkylation sites (tertiary alicyclic amines) is 1. The van der Waals surface area contributed by atoms with E-state index < -0.39 is 0 Å². The van der Waals surface area contributed by atoms with Crippen LogP contribution in [0.2, 0.25) is 0 Å². The fourth-order valence-corrected chi connectivity index (χ4v) is 5.17. The van der Waals surface area contributed by atoms with Gasteiger partial charge in [0.2, 0.25) is 5.95 Å². The zero-order valence-corrected chi connectivity index (χ0v) is 21.2. The molecule has 1 N–H and O–H groups in total. The first kappa shape index (κ1) is 23.7. The topological polar surface area (TPSA) is 62.8 Å². The van der Waals surface area contributed by atoms with Gasteiger partial charge in [0.25, 0.3) is 0 Å². The van der Waals surface area contributed by atoms with E-state index in [1.54, 1.807) is 14.2 Å². The molecule has 2 saturated heterocycles. The minimum atomic E-state index is 0.377. The molecule has 3 heterocycles. The number of nitrogens with zero attached hydrogens (tertiary/aromatic N) is 4. The lowest BCUT2D eigenvalue weighted by Crippen LogP contribution is -2.39. The molecule has 0 unspecified atom stereocenters. The van der Waals surface area contributed by atoms with Crippen LogP contribution in [0.5, 0.6) is 11.5 Å². The minimum Gasteiger partial charge on any atom is -0.493 e. The van der Waals surface area contributed by atoms with Crippen LogP contribution in [-0.2, 0) is 6.54 Å². The maximum atomic E-state index is 5.59. The number of hydrogen-bond donors (Lipinski definition) is 1. The highest BCUT2D eigenvalue weighted by molar-refractivity contribution is 5.93. The molecule has 0 radical (unpaired) electrons. The maximum Gasteiger partial charge on any atom is 0.227 e. The summed E-state index contributed by atoms with van der Waals surface area (Å²) in [5.41, 5.74) is 2.26. The van der Waals surface area contributed by atoms with Crippen molar-refractivity contribution in [2.24, 2.45) is 5.92 Å². The van der Waals surface area contributed by atoms with Crippen molar-refractivity contribution in [3.8, 4) is 11.5 Å². The Labute approximate surface area is 208 Å². The molecule has 0 bridgehead atoms. The number of nitrogens with one attached hydrogen (secondary N) is 1. The minimum absolute atomic E-state index is 0.377. The maximum absolute atomic E-state index is 5.59. The van der Waals surface area contributed by atoms with Gasteiger partial charge in [-0.1, -0.05) is 37.3 Å². The molecule has 2 aliphatic rings. The van der Waals surface area contributed by atoms with Crippen molar-refractivity contribution in [3.63, 3.8) is 0 Å². The number of piperidine rings is 2. The first-order valence-corrected chi connectivity index (χ1v) is 12.8. The highest BCUT2D eigenvalue weighted by atomic mass is 16.5. The van der Waals surface area contributed by atoms with E-state index in [0.717, 1.165) is 74.2 Å². The Balaban J connectivity index is 1.37. The van der Waals surface area contributed by atoms with Crippen molar-refractivity contribution < 1.29 is 9.47 Å². The first-order valence-electron chi connectivity index (χ1n) is 12.8. The van der Waals surface area contributed by atoms with Gasteiger partial charge in [0.15, 0.2) is 11.5 Å². The molecule has 0 spiro atoms. The number of ether oxygens (including phenoxy) is 2. The summed E-state index contributed by atoms with van der Waals surface area (Å²) in [5, 5.41) is 4.76. The number of rotatable bonds is 7. The molecule has 5 rings (SSSR count). The lowest BCUT2D eigenvalue weighted by atomic mass is 10.00. The van der Waals surface area contributed by atoms with Crippen molar-refractivity contribution in [2.45, 2.75) is 45.2 Å². The number of fused-ring (bicyclic) bond motifs is 1. The van der Waals surface area contributed by atoms with Crippen molar-refractivity contribution in [1.29, 1.82) is 0 Å². The molecule has 7 nitrogen and oxygen atoms in total. The Morgan fingerprint density at radius 1 is 0.886 bits per heavy atom. The van der Waals surface area contributed by atoms with Crippen LogP contribution in [0, 0.1) is 5.92 Å². The summed E-state index contributed by atoms with van der Waals surface area (Å²) in [6.07, 6.45) is 4.52. The summed E-state index contributed by atoms with van der Waals surface area (Å²) in [7, 11) is 3.34. The lowest BCUT2D eigenvalue weighted by molar-refractivity contribution is 0.211. The normalized spacial score (nSPS) is 18.1. The fraction of sp³-hybridized carbons (Fsp3) is 0.500. The number of hydrogen-bond acceptors (Lipinski definition) is 7. The van der Waals surface area contributed by atoms with Crippen LogP contribution in [0.4, 0.5) is 11.8 Å². The Hall–Kier alpha value is -3.06. The fourth-order valence-electron chi connectivity index (χ4n) is 5.17. The second-order valence-electron chi connectivity index (χ2n) is 9.95. The molecular formula is C28H37N5O2. The van der Waals surface area contributed by atoms with Crippen LogP contribution in [0.1, 0.15) is 38.2 Å². The third-order valence-electron chi connectivity index (χ3n) is 7.43. The van der Waals surface area contributed by atoms with E-state index >= 15 is 0 Å². The quantitative estimate of drug-likeness (QED) is 0.518. The summed E-state index contributed by atoms with van der Waals surface area (Å²) in [5.74, 6) is 3.85. The van der Waals surface area contributed by atoms with E-state index in [-0.39, 0.29) is 0 Å². The summed E-state index contributed by atoms with van der Waals surface area (Å²) in [6, 6.07) is 15.1. The molecule has 2 aromatic carbocycles. The van der Waals surface area contributed by atoms with Gasteiger partial charge in [0.05, 0.1) is 19.7 Å². The molecule has 2 aliphatic heterocycles. The van der Waals surface area contributed by atoms with Gasteiger partial charge in [-0.05, 0) is 43.2 Å². The summed E-state index contributed by atoms with van der Waals surface area (Å²) >= 11 is 0. The van der Waals surface area contributed by atoms with Gasteiger partial charge < -0.3 is 19.7 Å². The van der Waals surface area contributed by atoms with Gasteiger partial charge in [-0.25, -0.2) is 4.98 Å². The second-order valence-corrected chi connectivity index (χ2v) is 9.95. The van der Waals surface area contributed by atoms with Crippen molar-refractivity contribution in [3.05, 3.63) is 48.0 Å². The highest BCUT2D eigenvalue weighted by Gasteiger charge is 2.24. The van der Waals surface area contributed by atoms with E-state index in [0.29, 0.717) is 17.5 Å². The van der Waals surface area contributed by atoms with Gasteiger partial charge in [0, 0.05) is 50.2 Å². The van der Waals surface area contributed by atoms with E-state index in [1.165, 1.54) is 18.4 Å². The molecule has 35 heavy (non-hydrogen) atoms. The third-order valence-corrected chi connectivity index (χ3v) is 7.43. The Morgan fingerprint density at radius 2 is 1.57 bits per heavy atom. The number of aromatic nitrogens is 2. The Bertz CT molecular complexity index is 1120. The highest BCUT2D eigenvalue weighted by Crippen LogP contribution is 2.36. The van der Waals surface area contributed by atoms with Crippen LogP contribution in [0.25, 0.3) is 10.9 Å². The number of benzene rings is 2. The molecule has 0 aliphatic carbocycles. The predicted molar refractivity (Wildman–Crippen MR) is 142 cm³/mol. The van der Waals surface area contributed by atoms with Crippen LogP contribution in [0.15, 0.2) is 42.5 Å². The molecule has 0 amide bonds. The molecule has 7 heteroatoms. The molecular weight excluding hydrogens is 438 g/mol. The largest absolute Gasteiger partial charge is 0.493 e. The molecule has 186 valence electrons. The smallest absolute Gasteiger partial charge is 0.227 e. The number of anilines is 2. The van der Waals surface area contributed by atoms with Gasteiger partial charge in [-0.15, -0.1) is 0 Å². The van der Waals surface area contributed by atoms with Gasteiger partial charge >= 0.3 is 0 Å². The van der Waals surface area contributed by atoms with Crippen LogP contribution in [-0.4, -0.2) is 61.3 Å². The first-order chi connectivity index (χ1) is 17.1. The van der Waals surface area contributed by atoms with Crippen molar-refractivity contribution in [2.75, 3.05) is 50.6 Å². The SMILES string of the molecule is COc1cc2nc(N3CCC(C)CC3)nc(NC3CCN(Cc4ccccc4)CC3)c2cc1OC. The van der Waals surface area contributed by atoms with Crippen molar-refractivity contribution in [1.82, 2.24) is 14.9 Å². The lowest BCUT2D eigenvalue weighted by Gasteiger charge is -2.33. The monoisotopic (exact) mass is 475 g/mol. The summed E-state index contributed by atoms with van der Waals surface area (Å²) < 4.78 is 11.2. The van der Waals surface area contributed by atoms with E-state index in [9.17, 15) is 0 Å². The van der Waals surface area contributed by atoms with Crippen LogP contribution in [0.3, 0.4) is 0 Å². The summed E-state index contributed by atoms with van der Waals surface area (Å²) in [4.78, 5) is 14.9. The standard InChI is InChI=1S/C28H37N5O2/c1-20-9-15-33(16-10-20)28-30-24-18-26(35-3)25(34-2)17-23(24)27(31-28)29-22-11-13-32(14-12-22)19-21-7-5-4-6-8-21/h4-8,17-18,20,22H,9-16,19H2,1-3H3,(H,29,30,31). The van der Waals surface area contributed by atoms with Gasteiger partial charge in [-0.3, -0.25) is 4.90 Å². The third kappa shape index (κ3) is 5.45. The summed E-state index contributed by atoms with van der Waals surface area (Å²) in [6.45, 7) is 7.48. The second kappa shape index (κ2) is 10.7. The molecule has 3 aromatic rings. The van der Waals surface area contributed by atoms with Crippen molar-refractivity contribution >= 4 is 22.7 Å². The molecule has 1 aromatic heterocycles. The average molecular weight is 476 g/mol. The van der Waals surface area contributed by atoms with E-state index in [4.69, 9.17) is 19.4 Å². The van der Waals surface area contributed by atoms with Gasteiger partial charge in [0.1, 0.15) is 5.82 Å². The van der Waals surface area contributed by atoms with E-state index in [1.807, 2.05) is 12.1 Å². The zero-order valence-electron chi connectivity index (χ0n) is 21.2. The van der Waals surface area contributed by atoms with E-state index in [2.05, 4.69) is 52.4 Å². The Morgan fingerprint density at radius 3 is 2.26 bits per heavy atom. The number of methoxy groups -OCH3 is 2. The molecule has 0 saturated carbocycles. The predicted octanol–water partition coefficient (Wildman–Crippen LogP) is 4.96.